The Morgan fingerprint density at radius 3 is 2.27 bits per heavy atom. The summed E-state index contributed by atoms with van der Waals surface area (Å²) in [5, 5.41) is 15.1. The molecule has 0 aliphatic carbocycles. The molecule has 56 valence electrons. The molecular weight excluding hydrogens is 144 g/mol. The van der Waals surface area contributed by atoms with Crippen LogP contribution in [0.15, 0.2) is 24.5 Å². The zero-order valence-electron chi connectivity index (χ0n) is 5.64. The number of hydrogen-bond acceptors (Lipinski definition) is 3. The minimum atomic E-state index is -0.250. The number of rotatable bonds is 0. The van der Waals surface area contributed by atoms with Gasteiger partial charge in [-0.1, -0.05) is 0 Å². The van der Waals surface area contributed by atoms with Crippen molar-refractivity contribution in [2.24, 2.45) is 0 Å². The van der Waals surface area contributed by atoms with Crippen molar-refractivity contribution in [2.75, 3.05) is 0 Å². The Morgan fingerprint density at radius 1 is 1.55 bits per heavy atom. The molecular formula is C7H6N2O2. The predicted octanol–water partition coefficient (Wildman–Crippen LogP) is 0.654. The highest BCUT2D eigenvalue weighted by Crippen LogP contribution is 1.89. The van der Waals surface area contributed by atoms with Gasteiger partial charge in [-0.3, -0.25) is 9.78 Å². The first-order valence-corrected chi connectivity index (χ1v) is 2.73. The van der Waals surface area contributed by atoms with Gasteiger partial charge in [0.05, 0.1) is 11.6 Å². The van der Waals surface area contributed by atoms with Gasteiger partial charge in [-0.05, 0) is 12.1 Å². The van der Waals surface area contributed by atoms with Crippen LogP contribution in [-0.4, -0.2) is 16.6 Å². The van der Waals surface area contributed by atoms with Gasteiger partial charge in [-0.2, -0.15) is 5.26 Å². The standard InChI is InChI=1S/C6H4N2.CH2O2/c7-5-6-1-3-8-4-2-6;2-1-3/h1-4H;1H,(H,2,3). The predicted molar refractivity (Wildman–Crippen MR) is 37.6 cm³/mol. The van der Waals surface area contributed by atoms with E-state index < -0.39 is 0 Å². The largest absolute Gasteiger partial charge is 0.483 e. The molecule has 1 N–H and O–H groups in total. The summed E-state index contributed by atoms with van der Waals surface area (Å²) < 4.78 is 0. The van der Waals surface area contributed by atoms with Crippen LogP contribution in [0.25, 0.3) is 0 Å². The van der Waals surface area contributed by atoms with Crippen molar-refractivity contribution in [3.05, 3.63) is 30.1 Å². The van der Waals surface area contributed by atoms with E-state index in [-0.39, 0.29) is 6.47 Å². The van der Waals surface area contributed by atoms with Gasteiger partial charge < -0.3 is 5.11 Å². The number of carbonyl (C=O) groups is 1. The van der Waals surface area contributed by atoms with Crippen LogP contribution >= 0.6 is 0 Å². The van der Waals surface area contributed by atoms with Crippen LogP contribution < -0.4 is 0 Å². The lowest BCUT2D eigenvalue weighted by molar-refractivity contribution is -0.122. The molecule has 11 heavy (non-hydrogen) atoms. The van der Waals surface area contributed by atoms with Crippen LogP contribution in [0.2, 0.25) is 0 Å². The Bertz CT molecular complexity index is 240. The second-order valence-electron chi connectivity index (χ2n) is 1.45. The molecule has 4 heteroatoms. The van der Waals surface area contributed by atoms with Gasteiger partial charge in [0.1, 0.15) is 0 Å². The van der Waals surface area contributed by atoms with E-state index in [1.54, 1.807) is 24.5 Å². The number of hydrogen-bond donors (Lipinski definition) is 1. The fourth-order valence-electron chi connectivity index (χ4n) is 0.426. The number of aromatic nitrogens is 1. The van der Waals surface area contributed by atoms with Crippen LogP contribution in [0, 0.1) is 11.3 Å². The molecule has 0 radical (unpaired) electrons. The van der Waals surface area contributed by atoms with Crippen LogP contribution in [0.3, 0.4) is 0 Å². The number of nitriles is 1. The van der Waals surface area contributed by atoms with E-state index in [1.807, 2.05) is 6.07 Å². The molecule has 0 aliphatic heterocycles. The fraction of sp³-hybridized carbons (Fsp3) is 0. The Labute approximate surface area is 63.7 Å². The average Bonchev–Trinajstić information content (AvgIpc) is 2.08. The molecule has 0 aliphatic rings. The monoisotopic (exact) mass is 150 g/mol. The molecule has 0 amide bonds. The quantitative estimate of drug-likeness (QED) is 0.551. The normalized spacial score (nSPS) is 6.82. The molecule has 0 unspecified atom stereocenters. The van der Waals surface area contributed by atoms with Crippen LogP contribution in [0.4, 0.5) is 0 Å². The van der Waals surface area contributed by atoms with Crippen molar-refractivity contribution >= 4 is 6.47 Å². The molecule has 0 saturated carbocycles. The van der Waals surface area contributed by atoms with E-state index in [4.69, 9.17) is 15.2 Å². The zero-order valence-corrected chi connectivity index (χ0v) is 5.64. The van der Waals surface area contributed by atoms with Crippen molar-refractivity contribution in [1.29, 1.82) is 5.26 Å². The highest BCUT2D eigenvalue weighted by Gasteiger charge is 1.80. The highest BCUT2D eigenvalue weighted by atomic mass is 16.3. The van der Waals surface area contributed by atoms with Gasteiger partial charge in [0.2, 0.25) is 0 Å². The molecule has 1 aromatic rings. The summed E-state index contributed by atoms with van der Waals surface area (Å²) in [4.78, 5) is 12.1. The second kappa shape index (κ2) is 6.23. The maximum atomic E-state index is 8.36. The van der Waals surface area contributed by atoms with Crippen LogP contribution in [0.1, 0.15) is 5.56 Å². The van der Waals surface area contributed by atoms with E-state index in [0.29, 0.717) is 5.56 Å². The van der Waals surface area contributed by atoms with E-state index in [0.717, 1.165) is 0 Å². The van der Waals surface area contributed by atoms with E-state index in [9.17, 15) is 0 Å². The van der Waals surface area contributed by atoms with Crippen molar-refractivity contribution in [2.45, 2.75) is 0 Å². The minimum absolute atomic E-state index is 0.250. The molecule has 0 aromatic carbocycles. The Kier molecular flexibility index (Phi) is 5.16. The number of carboxylic acid groups (broad SMARTS) is 1. The van der Waals surface area contributed by atoms with Crippen molar-refractivity contribution in [3.63, 3.8) is 0 Å². The lowest BCUT2D eigenvalue weighted by Crippen LogP contribution is -1.71. The molecule has 1 aromatic heterocycles. The van der Waals surface area contributed by atoms with Gasteiger partial charge in [0, 0.05) is 12.4 Å². The SMILES string of the molecule is N#Cc1ccncc1.O=CO. The summed E-state index contributed by atoms with van der Waals surface area (Å²) in [7, 11) is 0. The molecule has 0 fully saturated rings. The first kappa shape index (κ1) is 9.11. The maximum Gasteiger partial charge on any atom is 0.290 e. The zero-order chi connectivity index (χ0) is 8.53. The topological polar surface area (TPSA) is 74.0 Å². The van der Waals surface area contributed by atoms with Gasteiger partial charge in [0.15, 0.2) is 0 Å². The smallest absolute Gasteiger partial charge is 0.290 e. The lowest BCUT2D eigenvalue weighted by Gasteiger charge is -1.79. The van der Waals surface area contributed by atoms with E-state index in [1.165, 1.54) is 0 Å². The summed E-state index contributed by atoms with van der Waals surface area (Å²) in [6.07, 6.45) is 3.19. The third-order valence-electron chi connectivity index (χ3n) is 0.809. The molecule has 0 spiro atoms. The second-order valence-corrected chi connectivity index (χ2v) is 1.45. The van der Waals surface area contributed by atoms with Crippen molar-refractivity contribution in [3.8, 4) is 6.07 Å². The average molecular weight is 150 g/mol. The number of nitrogens with zero attached hydrogens (tertiary/aromatic N) is 2. The molecule has 0 saturated heterocycles. The van der Waals surface area contributed by atoms with E-state index >= 15 is 0 Å². The first-order chi connectivity index (χ1) is 5.35. The summed E-state index contributed by atoms with van der Waals surface area (Å²) in [6, 6.07) is 5.32. The first-order valence-electron chi connectivity index (χ1n) is 2.73. The van der Waals surface area contributed by atoms with Crippen molar-refractivity contribution in [1.82, 2.24) is 4.98 Å². The summed E-state index contributed by atoms with van der Waals surface area (Å²) in [6.45, 7) is -0.250. The van der Waals surface area contributed by atoms with Gasteiger partial charge in [-0.15, -0.1) is 0 Å². The summed E-state index contributed by atoms with van der Waals surface area (Å²) in [5.41, 5.74) is 0.653. The van der Waals surface area contributed by atoms with E-state index in [2.05, 4.69) is 4.98 Å². The third-order valence-corrected chi connectivity index (χ3v) is 0.809. The lowest BCUT2D eigenvalue weighted by atomic mass is 10.3. The molecule has 1 rings (SSSR count). The van der Waals surface area contributed by atoms with Gasteiger partial charge in [-0.25, -0.2) is 0 Å². The fourth-order valence-corrected chi connectivity index (χ4v) is 0.426. The van der Waals surface area contributed by atoms with Crippen LogP contribution in [0.5, 0.6) is 0 Å². The summed E-state index contributed by atoms with van der Waals surface area (Å²) in [5.74, 6) is 0. The molecule has 0 bridgehead atoms. The maximum absolute atomic E-state index is 8.36. The number of pyridine rings is 1. The Balaban J connectivity index is 0.000000292. The Morgan fingerprint density at radius 2 is 2.00 bits per heavy atom. The van der Waals surface area contributed by atoms with Gasteiger partial charge in [0.25, 0.3) is 6.47 Å². The Hall–Kier alpha value is -1.89. The van der Waals surface area contributed by atoms with Crippen LogP contribution in [-0.2, 0) is 4.79 Å². The molecule has 1 heterocycles. The van der Waals surface area contributed by atoms with Gasteiger partial charge >= 0.3 is 0 Å². The third kappa shape index (κ3) is 4.60. The highest BCUT2D eigenvalue weighted by molar-refractivity contribution is 5.32. The molecule has 0 atom stereocenters. The van der Waals surface area contributed by atoms with Crippen molar-refractivity contribution < 1.29 is 9.90 Å². The molecule has 4 nitrogen and oxygen atoms in total. The summed E-state index contributed by atoms with van der Waals surface area (Å²) >= 11 is 0. The minimum Gasteiger partial charge on any atom is -0.483 e.